The van der Waals surface area contributed by atoms with Gasteiger partial charge >= 0.3 is 0 Å². The molecule has 1 saturated heterocycles. The summed E-state index contributed by atoms with van der Waals surface area (Å²) in [6, 6.07) is 16.6. The second-order valence-corrected chi connectivity index (χ2v) is 13.4. The Morgan fingerprint density at radius 2 is 1.66 bits per heavy atom. The summed E-state index contributed by atoms with van der Waals surface area (Å²) in [4.78, 5) is 54.3. The number of hydrogen-bond acceptors (Lipinski definition) is 11. The second kappa shape index (κ2) is 14.2. The number of pyridine rings is 2. The van der Waals surface area contributed by atoms with Gasteiger partial charge in [0.25, 0.3) is 5.91 Å². The number of carbonyl (C=O) groups is 3. The van der Waals surface area contributed by atoms with E-state index in [-0.39, 0.29) is 18.2 Å². The maximum atomic E-state index is 12.9. The lowest BCUT2D eigenvalue weighted by Crippen LogP contribution is -2.52. The van der Waals surface area contributed by atoms with Crippen molar-refractivity contribution in [3.05, 3.63) is 83.7 Å². The number of fused-ring (bicyclic) bond motifs is 2. The van der Waals surface area contributed by atoms with Gasteiger partial charge in [0.2, 0.25) is 11.8 Å². The van der Waals surface area contributed by atoms with Crippen molar-refractivity contribution >= 4 is 45.1 Å². The summed E-state index contributed by atoms with van der Waals surface area (Å²) in [6.45, 7) is 3.80. The number of thiazole rings is 1. The molecule has 1 unspecified atom stereocenters. The fourth-order valence-electron chi connectivity index (χ4n) is 6.05. The van der Waals surface area contributed by atoms with E-state index in [0.29, 0.717) is 50.7 Å². The largest absolute Gasteiger partial charge is 0.491 e. The molecular formula is C37H36N6O6S. The highest BCUT2D eigenvalue weighted by Crippen LogP contribution is 2.34. The number of imide groups is 1. The third-order valence-electron chi connectivity index (χ3n) is 8.67. The van der Waals surface area contributed by atoms with E-state index in [0.717, 1.165) is 54.7 Å². The summed E-state index contributed by atoms with van der Waals surface area (Å²) in [6.07, 6.45) is 4.28. The first kappa shape index (κ1) is 33.1. The fraction of sp³-hybridized carbons (Fsp3) is 0.297. The van der Waals surface area contributed by atoms with Crippen LogP contribution >= 0.6 is 11.3 Å². The van der Waals surface area contributed by atoms with Crippen LogP contribution in [0.2, 0.25) is 0 Å². The normalized spacial score (nSPS) is 15.7. The van der Waals surface area contributed by atoms with E-state index in [1.165, 1.54) is 4.90 Å². The first-order chi connectivity index (χ1) is 24.2. The first-order valence-electron chi connectivity index (χ1n) is 16.4. The van der Waals surface area contributed by atoms with Crippen LogP contribution in [0.4, 0.5) is 5.82 Å². The smallest absolute Gasteiger partial charge is 0.255 e. The van der Waals surface area contributed by atoms with Crippen LogP contribution in [0.25, 0.3) is 32.0 Å². The third kappa shape index (κ3) is 7.00. The van der Waals surface area contributed by atoms with Gasteiger partial charge in [-0.3, -0.25) is 24.7 Å². The lowest BCUT2D eigenvalue weighted by molar-refractivity contribution is -0.136. The number of nitrogens with one attached hydrogen (secondary N) is 1. The minimum atomic E-state index is -0.644. The molecule has 3 aromatic heterocycles. The average Bonchev–Trinajstić information content (AvgIpc) is 3.67. The molecule has 12 nitrogen and oxygen atoms in total. The van der Waals surface area contributed by atoms with Crippen LogP contribution in [0.15, 0.2) is 67.0 Å². The average molecular weight is 693 g/mol. The van der Waals surface area contributed by atoms with Crippen molar-refractivity contribution in [2.45, 2.75) is 32.4 Å². The highest BCUT2D eigenvalue weighted by Gasteiger charge is 2.39. The Morgan fingerprint density at radius 1 is 0.900 bits per heavy atom. The molecule has 3 amide bonds. The molecule has 0 aliphatic carbocycles. The standard InChI is InChI=1S/C37H36N6O6S/c1-22-16-24(23-4-10-32(38-19-23)42(2)3)20-39-34(22)36-40-29-8-6-27(18-31(29)50-36)49-15-13-47-12-14-48-26-5-7-28-25(17-26)21-43(37(28)46)30-9-11-33(44)41-35(30)45/h4-8,10,16-20,30H,9,11-15,21H2,1-3H3,(H,41,44,45). The molecule has 5 aromatic rings. The molecule has 0 bridgehead atoms. The zero-order chi connectivity index (χ0) is 34.8. The van der Waals surface area contributed by atoms with Crippen molar-refractivity contribution in [3.8, 4) is 33.3 Å². The molecule has 2 aromatic carbocycles. The van der Waals surface area contributed by atoms with E-state index in [9.17, 15) is 14.4 Å². The summed E-state index contributed by atoms with van der Waals surface area (Å²) in [7, 11) is 3.94. The molecule has 1 atom stereocenters. The van der Waals surface area contributed by atoms with Gasteiger partial charge in [0, 0.05) is 56.1 Å². The van der Waals surface area contributed by atoms with Crippen LogP contribution in [0.3, 0.4) is 0 Å². The molecule has 13 heteroatoms. The van der Waals surface area contributed by atoms with Crippen LogP contribution in [-0.2, 0) is 20.9 Å². The van der Waals surface area contributed by atoms with E-state index in [1.807, 2.05) is 68.6 Å². The van der Waals surface area contributed by atoms with Crippen molar-refractivity contribution in [1.29, 1.82) is 0 Å². The number of ether oxygens (including phenoxy) is 3. The number of amides is 3. The molecule has 1 N–H and O–H groups in total. The maximum absolute atomic E-state index is 12.9. The van der Waals surface area contributed by atoms with Crippen molar-refractivity contribution in [2.24, 2.45) is 0 Å². The predicted molar refractivity (Wildman–Crippen MR) is 189 cm³/mol. The zero-order valence-electron chi connectivity index (χ0n) is 28.0. The third-order valence-corrected chi connectivity index (χ3v) is 9.69. The van der Waals surface area contributed by atoms with Gasteiger partial charge in [0.1, 0.15) is 47.3 Å². The molecule has 5 heterocycles. The van der Waals surface area contributed by atoms with Gasteiger partial charge in [-0.1, -0.05) is 0 Å². The molecule has 2 aliphatic rings. The second-order valence-electron chi connectivity index (χ2n) is 12.4. The number of piperidine rings is 1. The van der Waals surface area contributed by atoms with Crippen molar-refractivity contribution < 1.29 is 28.6 Å². The lowest BCUT2D eigenvalue weighted by Gasteiger charge is -2.29. The quantitative estimate of drug-likeness (QED) is 0.140. The van der Waals surface area contributed by atoms with Crippen molar-refractivity contribution in [1.82, 2.24) is 25.2 Å². The van der Waals surface area contributed by atoms with E-state index >= 15 is 0 Å². The molecule has 0 saturated carbocycles. The van der Waals surface area contributed by atoms with Crippen LogP contribution in [-0.4, -0.2) is 84.1 Å². The van der Waals surface area contributed by atoms with Gasteiger partial charge in [-0.15, -0.1) is 11.3 Å². The van der Waals surface area contributed by atoms with Crippen molar-refractivity contribution in [3.63, 3.8) is 0 Å². The monoisotopic (exact) mass is 692 g/mol. The van der Waals surface area contributed by atoms with Gasteiger partial charge in [0.15, 0.2) is 0 Å². The Hall–Kier alpha value is -5.40. The number of carbonyl (C=O) groups excluding carboxylic acids is 3. The summed E-state index contributed by atoms with van der Waals surface area (Å²) in [5, 5.41) is 3.17. The zero-order valence-corrected chi connectivity index (χ0v) is 28.8. The minimum absolute atomic E-state index is 0.211. The topological polar surface area (TPSA) is 136 Å². The number of anilines is 1. The van der Waals surface area contributed by atoms with Crippen LogP contribution in [0, 0.1) is 6.92 Å². The molecule has 256 valence electrons. The summed E-state index contributed by atoms with van der Waals surface area (Å²) in [5.41, 5.74) is 6.14. The Balaban J connectivity index is 0.867. The molecule has 2 aliphatic heterocycles. The molecule has 0 spiro atoms. The molecule has 0 radical (unpaired) electrons. The minimum Gasteiger partial charge on any atom is -0.491 e. The van der Waals surface area contributed by atoms with Crippen molar-refractivity contribution in [2.75, 3.05) is 45.4 Å². The number of aryl methyl sites for hydroxylation is 1. The Kier molecular flexibility index (Phi) is 9.42. The van der Waals surface area contributed by atoms with E-state index in [4.69, 9.17) is 24.2 Å². The van der Waals surface area contributed by atoms with Gasteiger partial charge in [-0.2, -0.15) is 0 Å². The highest BCUT2D eigenvalue weighted by molar-refractivity contribution is 7.21. The number of benzene rings is 2. The van der Waals surface area contributed by atoms with Crippen LogP contribution in [0.1, 0.15) is 34.3 Å². The number of hydrogen-bond donors (Lipinski definition) is 1. The number of aromatic nitrogens is 3. The summed E-state index contributed by atoms with van der Waals surface area (Å²) >= 11 is 1.58. The van der Waals surface area contributed by atoms with Crippen LogP contribution in [0.5, 0.6) is 11.5 Å². The van der Waals surface area contributed by atoms with E-state index in [1.54, 1.807) is 23.5 Å². The molecular weight excluding hydrogens is 657 g/mol. The van der Waals surface area contributed by atoms with Crippen LogP contribution < -0.4 is 19.7 Å². The highest BCUT2D eigenvalue weighted by atomic mass is 32.1. The maximum Gasteiger partial charge on any atom is 0.255 e. The Labute approximate surface area is 293 Å². The van der Waals surface area contributed by atoms with E-state index in [2.05, 4.69) is 22.4 Å². The van der Waals surface area contributed by atoms with Gasteiger partial charge < -0.3 is 24.0 Å². The first-order valence-corrected chi connectivity index (χ1v) is 17.2. The summed E-state index contributed by atoms with van der Waals surface area (Å²) in [5.74, 6) is 1.32. The van der Waals surface area contributed by atoms with Gasteiger partial charge in [-0.05, 0) is 79.1 Å². The SMILES string of the molecule is Cc1cc(-c2ccc(N(C)C)nc2)cnc1-c1nc2ccc(OCCOCCOc3ccc4c(c3)CN(C3CCC(=O)NC3=O)C4=O)cc2s1. The Morgan fingerprint density at radius 3 is 2.38 bits per heavy atom. The lowest BCUT2D eigenvalue weighted by atomic mass is 10.0. The van der Waals surface area contributed by atoms with Gasteiger partial charge in [0.05, 0.1) is 23.4 Å². The van der Waals surface area contributed by atoms with Gasteiger partial charge in [-0.25, -0.2) is 9.97 Å². The summed E-state index contributed by atoms with van der Waals surface area (Å²) < 4.78 is 18.5. The Bertz CT molecular complexity index is 2080. The number of rotatable bonds is 12. The number of nitrogens with zero attached hydrogens (tertiary/aromatic N) is 5. The van der Waals surface area contributed by atoms with E-state index < -0.39 is 11.9 Å². The predicted octanol–water partition coefficient (Wildman–Crippen LogP) is 5.03. The molecule has 1 fully saturated rings. The fourth-order valence-corrected chi connectivity index (χ4v) is 7.11. The molecule has 50 heavy (non-hydrogen) atoms. The molecule has 7 rings (SSSR count).